The molecule has 1 radical (unpaired) electrons. The normalized spacial score (nSPS) is 12.0. The zero-order chi connectivity index (χ0) is 8.15. The van der Waals surface area contributed by atoms with Gasteiger partial charge in [-0.15, -0.1) is 0 Å². The molecule has 0 fully saturated rings. The van der Waals surface area contributed by atoms with Crippen molar-refractivity contribution in [1.82, 2.24) is 0 Å². The molecular weight excluding hydrogens is 160 g/mol. The van der Waals surface area contributed by atoms with Crippen LogP contribution in [0.2, 0.25) is 12.1 Å². The molecule has 10 heavy (non-hydrogen) atoms. The van der Waals surface area contributed by atoms with Crippen LogP contribution < -0.4 is 0 Å². The molecule has 0 aromatic carbocycles. The van der Waals surface area contributed by atoms with E-state index < -0.39 is 8.11 Å². The third kappa shape index (κ3) is 6.62. The monoisotopic (exact) mass is 177 g/mol. The number of hydrogen-bond donors (Lipinski definition) is 0. The highest BCUT2D eigenvalue weighted by Crippen LogP contribution is 2.16. The molecular formula is C8H18ClSi. The van der Waals surface area contributed by atoms with Crippen molar-refractivity contribution < 1.29 is 0 Å². The Hall–Kier alpha value is 0.507. The Kier molecular flexibility index (Phi) is 5.46. The quantitative estimate of drug-likeness (QED) is 0.456. The Balaban J connectivity index is 3.34. The molecule has 0 aromatic heterocycles. The predicted octanol–water partition coefficient (Wildman–Crippen LogP) is 3.53. The van der Waals surface area contributed by atoms with Gasteiger partial charge >= 0.3 is 0 Å². The second-order valence-corrected chi connectivity index (χ2v) is 7.17. The molecule has 61 valence electrons. The Morgan fingerprint density at radius 2 is 1.30 bits per heavy atom. The Morgan fingerprint density at radius 1 is 1.00 bits per heavy atom. The van der Waals surface area contributed by atoms with E-state index in [0.29, 0.717) is 0 Å². The largest absolute Gasteiger partial charge is 0.169 e. The van der Waals surface area contributed by atoms with Crippen molar-refractivity contribution in [2.45, 2.75) is 39.8 Å². The molecule has 0 aliphatic carbocycles. The molecule has 0 rings (SSSR count). The molecule has 0 aliphatic rings. The fraction of sp³-hybridized carbons (Fsp3) is 1.00. The standard InChI is InChI=1S/C8H18ClSi/c1-7(2)5-10(9)6-8(3)4/h7-8H,5-6H2,1-4H3. The van der Waals surface area contributed by atoms with Crippen LogP contribution in [0.25, 0.3) is 0 Å². The topological polar surface area (TPSA) is 0 Å². The lowest BCUT2D eigenvalue weighted by Gasteiger charge is -2.11. The molecule has 0 N–H and O–H groups in total. The minimum absolute atomic E-state index is 0.516. The first-order chi connectivity index (χ1) is 4.52. The minimum atomic E-state index is -0.516. The predicted molar refractivity (Wildman–Crippen MR) is 50.9 cm³/mol. The van der Waals surface area contributed by atoms with Gasteiger partial charge in [0.2, 0.25) is 0 Å². The van der Waals surface area contributed by atoms with Crippen molar-refractivity contribution in [2.24, 2.45) is 11.8 Å². The first kappa shape index (κ1) is 10.5. The van der Waals surface area contributed by atoms with E-state index in [1.807, 2.05) is 0 Å². The lowest BCUT2D eigenvalue weighted by atomic mass is 10.3. The van der Waals surface area contributed by atoms with Gasteiger partial charge in [-0.05, 0) is 23.9 Å². The van der Waals surface area contributed by atoms with Crippen LogP contribution in [0, 0.1) is 11.8 Å². The molecule has 0 aliphatic heterocycles. The van der Waals surface area contributed by atoms with Crippen molar-refractivity contribution in [3.8, 4) is 0 Å². The summed E-state index contributed by atoms with van der Waals surface area (Å²) < 4.78 is 0. The minimum Gasteiger partial charge on any atom is -0.169 e. The summed E-state index contributed by atoms with van der Waals surface area (Å²) in [7, 11) is -0.516. The summed E-state index contributed by atoms with van der Waals surface area (Å²) in [6.45, 7) is 8.97. The average molecular weight is 178 g/mol. The molecule has 0 heterocycles. The highest BCUT2D eigenvalue weighted by Gasteiger charge is 2.11. The summed E-state index contributed by atoms with van der Waals surface area (Å²) in [5.74, 6) is 1.57. The first-order valence-corrected chi connectivity index (χ1v) is 6.95. The summed E-state index contributed by atoms with van der Waals surface area (Å²) in [6, 6.07) is 2.51. The summed E-state index contributed by atoms with van der Waals surface area (Å²) in [6.07, 6.45) is 0. The van der Waals surface area contributed by atoms with Crippen LogP contribution in [-0.2, 0) is 0 Å². The summed E-state index contributed by atoms with van der Waals surface area (Å²) in [5.41, 5.74) is 0. The summed E-state index contributed by atoms with van der Waals surface area (Å²) >= 11 is 6.17. The van der Waals surface area contributed by atoms with E-state index >= 15 is 0 Å². The van der Waals surface area contributed by atoms with Gasteiger partial charge in [0.05, 0.1) is 0 Å². The second kappa shape index (κ2) is 5.20. The Bertz CT molecular complexity index is 71.3. The first-order valence-electron chi connectivity index (χ1n) is 4.02. The Labute approximate surface area is 71.3 Å². The van der Waals surface area contributed by atoms with Crippen LogP contribution in [0.15, 0.2) is 0 Å². The van der Waals surface area contributed by atoms with Gasteiger partial charge in [-0.1, -0.05) is 27.7 Å². The van der Waals surface area contributed by atoms with Crippen LogP contribution in [0.4, 0.5) is 0 Å². The fourth-order valence-electron chi connectivity index (χ4n) is 0.969. The Morgan fingerprint density at radius 3 is 1.50 bits per heavy atom. The van der Waals surface area contributed by atoms with Gasteiger partial charge in [-0.3, -0.25) is 0 Å². The van der Waals surface area contributed by atoms with Gasteiger partial charge in [-0.2, -0.15) is 11.1 Å². The van der Waals surface area contributed by atoms with Crippen LogP contribution in [0.5, 0.6) is 0 Å². The molecule has 0 nitrogen and oxygen atoms in total. The highest BCUT2D eigenvalue weighted by atomic mass is 35.6. The third-order valence-electron chi connectivity index (χ3n) is 1.26. The lowest BCUT2D eigenvalue weighted by molar-refractivity contribution is 0.697. The maximum atomic E-state index is 6.17. The van der Waals surface area contributed by atoms with E-state index in [-0.39, 0.29) is 0 Å². The van der Waals surface area contributed by atoms with Gasteiger partial charge in [0.25, 0.3) is 0 Å². The zero-order valence-corrected chi connectivity index (χ0v) is 9.20. The number of hydrogen-bond acceptors (Lipinski definition) is 0. The lowest BCUT2D eigenvalue weighted by Crippen LogP contribution is -2.09. The van der Waals surface area contributed by atoms with Crippen LogP contribution in [0.1, 0.15) is 27.7 Å². The van der Waals surface area contributed by atoms with E-state index in [0.717, 1.165) is 11.8 Å². The fourth-order valence-corrected chi connectivity index (χ4v) is 4.76. The zero-order valence-electron chi connectivity index (χ0n) is 7.45. The van der Waals surface area contributed by atoms with Crippen molar-refractivity contribution >= 4 is 19.2 Å². The van der Waals surface area contributed by atoms with E-state index in [1.165, 1.54) is 12.1 Å². The van der Waals surface area contributed by atoms with Gasteiger partial charge in [0.1, 0.15) is 0 Å². The number of rotatable bonds is 4. The third-order valence-corrected chi connectivity index (χ3v) is 4.70. The van der Waals surface area contributed by atoms with Gasteiger partial charge in [0, 0.05) is 0 Å². The van der Waals surface area contributed by atoms with Crippen molar-refractivity contribution in [2.75, 3.05) is 0 Å². The van der Waals surface area contributed by atoms with Gasteiger partial charge in [0.15, 0.2) is 8.11 Å². The maximum absolute atomic E-state index is 6.17. The molecule has 0 unspecified atom stereocenters. The second-order valence-electron chi connectivity index (χ2n) is 3.71. The molecule has 0 saturated carbocycles. The van der Waals surface area contributed by atoms with Crippen LogP contribution >= 0.6 is 11.1 Å². The van der Waals surface area contributed by atoms with Crippen LogP contribution in [-0.4, -0.2) is 8.11 Å². The molecule has 2 heteroatoms. The van der Waals surface area contributed by atoms with Gasteiger partial charge < -0.3 is 0 Å². The van der Waals surface area contributed by atoms with E-state index in [9.17, 15) is 0 Å². The smallest absolute Gasteiger partial charge is 0.165 e. The maximum Gasteiger partial charge on any atom is 0.165 e. The molecule has 0 spiro atoms. The molecule has 0 atom stereocenters. The average Bonchev–Trinajstić information content (AvgIpc) is 1.58. The number of halogens is 1. The molecule has 0 saturated heterocycles. The summed E-state index contributed by atoms with van der Waals surface area (Å²) in [5, 5.41) is 0. The van der Waals surface area contributed by atoms with Crippen LogP contribution in [0.3, 0.4) is 0 Å². The molecule has 0 amide bonds. The van der Waals surface area contributed by atoms with Gasteiger partial charge in [-0.25, -0.2) is 0 Å². The van der Waals surface area contributed by atoms with Crippen molar-refractivity contribution in [3.05, 3.63) is 0 Å². The highest BCUT2D eigenvalue weighted by molar-refractivity contribution is 7.06. The SMILES string of the molecule is CC(C)C[Si](Cl)CC(C)C. The molecule has 0 bridgehead atoms. The van der Waals surface area contributed by atoms with E-state index in [1.54, 1.807) is 0 Å². The van der Waals surface area contributed by atoms with Crippen molar-refractivity contribution in [1.29, 1.82) is 0 Å². The summed E-state index contributed by atoms with van der Waals surface area (Å²) in [4.78, 5) is 0. The van der Waals surface area contributed by atoms with E-state index in [2.05, 4.69) is 27.7 Å². The van der Waals surface area contributed by atoms with Crippen molar-refractivity contribution in [3.63, 3.8) is 0 Å². The van der Waals surface area contributed by atoms with E-state index in [4.69, 9.17) is 11.1 Å². The molecule has 0 aromatic rings.